The van der Waals surface area contributed by atoms with Crippen molar-refractivity contribution in [2.45, 2.75) is 57.2 Å². The monoisotopic (exact) mass is 555 g/mol. The fourth-order valence-electron chi connectivity index (χ4n) is 5.88. The second-order valence-electron chi connectivity index (χ2n) is 10.3. The van der Waals surface area contributed by atoms with E-state index in [2.05, 4.69) is 9.88 Å². The maximum absolute atomic E-state index is 13.7. The Balaban J connectivity index is 1.53. The van der Waals surface area contributed by atoms with Crippen LogP contribution in [0.1, 0.15) is 42.6 Å². The van der Waals surface area contributed by atoms with E-state index < -0.39 is 38.1 Å². The molecule has 0 bridgehead atoms. The first kappa shape index (κ1) is 27.6. The van der Waals surface area contributed by atoms with Gasteiger partial charge in [0.05, 0.1) is 19.3 Å². The molecule has 0 aliphatic carbocycles. The van der Waals surface area contributed by atoms with Crippen molar-refractivity contribution in [3.8, 4) is 11.5 Å². The van der Waals surface area contributed by atoms with E-state index in [1.54, 1.807) is 13.0 Å². The van der Waals surface area contributed by atoms with E-state index in [9.17, 15) is 26.3 Å². The molecule has 212 valence electrons. The Hall–Kier alpha value is -2.92. The highest BCUT2D eigenvalue weighted by Crippen LogP contribution is 2.45. The minimum atomic E-state index is -4.50. The molecular formula is C28H31F6N3O2. The van der Waals surface area contributed by atoms with E-state index in [0.717, 1.165) is 23.0 Å². The Labute approximate surface area is 222 Å². The van der Waals surface area contributed by atoms with Gasteiger partial charge in [0.25, 0.3) is 0 Å². The third kappa shape index (κ3) is 6.14. The lowest BCUT2D eigenvalue weighted by molar-refractivity contribution is -0.155. The molecule has 3 heterocycles. The third-order valence-corrected chi connectivity index (χ3v) is 7.51. The molecule has 3 atom stereocenters. The molecule has 2 aromatic carbocycles. The molecule has 1 aromatic heterocycles. The number of halogens is 6. The van der Waals surface area contributed by atoms with Crippen LogP contribution in [-0.4, -0.2) is 72.6 Å². The summed E-state index contributed by atoms with van der Waals surface area (Å²) in [6.07, 6.45) is -3.22. The summed E-state index contributed by atoms with van der Waals surface area (Å²) in [4.78, 5) is 6.62. The summed E-state index contributed by atoms with van der Waals surface area (Å²) in [5, 5.41) is 0.894. The molecule has 1 N–H and O–H groups in total. The van der Waals surface area contributed by atoms with E-state index in [4.69, 9.17) is 9.47 Å². The quantitative estimate of drug-likeness (QED) is 0.307. The SMILES string of the molecule is CC1Cc2c([nH]c3ccccc23)C(c2ccc(OC3CCN(CCCF)C3)cc2OC(F)F)N1CC(F)(F)F. The molecule has 1 saturated heterocycles. The third-order valence-electron chi connectivity index (χ3n) is 7.51. The summed E-state index contributed by atoms with van der Waals surface area (Å²) < 4.78 is 91.9. The van der Waals surface area contributed by atoms with Crippen molar-refractivity contribution in [3.05, 3.63) is 59.3 Å². The molecular weight excluding hydrogens is 524 g/mol. The van der Waals surface area contributed by atoms with Gasteiger partial charge in [0.15, 0.2) is 0 Å². The number of ether oxygens (including phenoxy) is 2. The molecule has 1 fully saturated rings. The maximum Gasteiger partial charge on any atom is 0.401 e. The second kappa shape index (κ2) is 11.3. The molecule has 3 unspecified atom stereocenters. The fourth-order valence-corrected chi connectivity index (χ4v) is 5.88. The van der Waals surface area contributed by atoms with Gasteiger partial charge in [-0.2, -0.15) is 22.0 Å². The molecule has 3 aromatic rings. The molecule has 0 spiro atoms. The minimum Gasteiger partial charge on any atom is -0.489 e. The van der Waals surface area contributed by atoms with Crippen LogP contribution in [-0.2, 0) is 6.42 Å². The van der Waals surface area contributed by atoms with Crippen LogP contribution in [0.3, 0.4) is 0 Å². The lowest BCUT2D eigenvalue weighted by atomic mass is 9.88. The zero-order valence-corrected chi connectivity index (χ0v) is 21.5. The highest BCUT2D eigenvalue weighted by Gasteiger charge is 2.43. The Kier molecular flexibility index (Phi) is 8.00. The van der Waals surface area contributed by atoms with Crippen molar-refractivity contribution in [3.63, 3.8) is 0 Å². The number of rotatable bonds is 9. The molecule has 0 saturated carbocycles. The molecule has 2 aliphatic rings. The summed E-state index contributed by atoms with van der Waals surface area (Å²) in [5.41, 5.74) is 2.36. The number of alkyl halides is 6. The van der Waals surface area contributed by atoms with Gasteiger partial charge in [0.1, 0.15) is 17.6 Å². The number of hydrogen-bond acceptors (Lipinski definition) is 4. The number of aromatic nitrogens is 1. The van der Waals surface area contributed by atoms with Crippen LogP contribution in [0, 0.1) is 0 Å². The molecule has 0 amide bonds. The van der Waals surface area contributed by atoms with E-state index in [1.807, 2.05) is 24.3 Å². The van der Waals surface area contributed by atoms with Crippen LogP contribution in [0.25, 0.3) is 10.9 Å². The van der Waals surface area contributed by atoms with Crippen LogP contribution in [0.15, 0.2) is 42.5 Å². The van der Waals surface area contributed by atoms with E-state index in [0.29, 0.717) is 38.0 Å². The van der Waals surface area contributed by atoms with Gasteiger partial charge in [-0.1, -0.05) is 18.2 Å². The van der Waals surface area contributed by atoms with Crippen LogP contribution in [0.5, 0.6) is 11.5 Å². The molecule has 39 heavy (non-hydrogen) atoms. The predicted octanol–water partition coefficient (Wildman–Crippen LogP) is 6.48. The Morgan fingerprint density at radius 1 is 1.13 bits per heavy atom. The molecule has 2 aliphatic heterocycles. The molecule has 5 rings (SSSR count). The van der Waals surface area contributed by atoms with Crippen molar-refractivity contribution in [2.75, 3.05) is 32.9 Å². The van der Waals surface area contributed by atoms with Crippen molar-refractivity contribution >= 4 is 10.9 Å². The smallest absolute Gasteiger partial charge is 0.401 e. The van der Waals surface area contributed by atoms with Crippen LogP contribution >= 0.6 is 0 Å². The van der Waals surface area contributed by atoms with Crippen LogP contribution in [0.2, 0.25) is 0 Å². The van der Waals surface area contributed by atoms with Gasteiger partial charge in [-0.15, -0.1) is 0 Å². The number of nitrogens with one attached hydrogen (secondary N) is 1. The van der Waals surface area contributed by atoms with Crippen molar-refractivity contribution < 1.29 is 35.8 Å². The van der Waals surface area contributed by atoms with Crippen LogP contribution < -0.4 is 9.47 Å². The topological polar surface area (TPSA) is 40.7 Å². The number of benzene rings is 2. The minimum absolute atomic E-state index is 0.197. The van der Waals surface area contributed by atoms with E-state index in [1.165, 1.54) is 17.0 Å². The zero-order valence-electron chi connectivity index (χ0n) is 21.5. The number of nitrogens with zero attached hydrogens (tertiary/aromatic N) is 2. The maximum atomic E-state index is 13.7. The number of H-pyrrole nitrogens is 1. The molecule has 5 nitrogen and oxygen atoms in total. The Morgan fingerprint density at radius 2 is 1.92 bits per heavy atom. The number of fused-ring (bicyclic) bond motifs is 3. The standard InChI is InChI=1S/C28H31F6N3O2/c1-17-13-22-20-5-2-3-6-23(20)35-25(22)26(37(17)16-28(32,33)34)21-8-7-18(14-24(21)39-27(30)31)38-19-9-12-36(15-19)11-4-10-29/h2-3,5-8,14,17,19,26-27,35H,4,9-13,15-16H2,1H3. The first-order valence-electron chi connectivity index (χ1n) is 13.1. The largest absolute Gasteiger partial charge is 0.489 e. The highest BCUT2D eigenvalue weighted by molar-refractivity contribution is 5.85. The highest BCUT2D eigenvalue weighted by atomic mass is 19.4. The van der Waals surface area contributed by atoms with E-state index in [-0.39, 0.29) is 23.2 Å². The Morgan fingerprint density at radius 3 is 2.67 bits per heavy atom. The average Bonchev–Trinajstić information content (AvgIpc) is 3.47. The van der Waals surface area contributed by atoms with Crippen molar-refractivity contribution in [1.82, 2.24) is 14.8 Å². The average molecular weight is 556 g/mol. The molecule has 11 heteroatoms. The normalized spacial score (nSPS) is 22.5. The lowest BCUT2D eigenvalue weighted by Gasteiger charge is -2.41. The lowest BCUT2D eigenvalue weighted by Crippen LogP contribution is -2.47. The van der Waals surface area contributed by atoms with Crippen LogP contribution in [0.4, 0.5) is 26.3 Å². The summed E-state index contributed by atoms with van der Waals surface area (Å²) in [6, 6.07) is 10.4. The number of likely N-dealkylation sites (tertiary alicyclic amines) is 1. The first-order chi connectivity index (χ1) is 18.6. The zero-order chi connectivity index (χ0) is 27.7. The predicted molar refractivity (Wildman–Crippen MR) is 135 cm³/mol. The number of hydrogen-bond donors (Lipinski definition) is 1. The number of para-hydroxylation sites is 1. The van der Waals surface area contributed by atoms with Gasteiger partial charge in [-0.3, -0.25) is 14.2 Å². The second-order valence-corrected chi connectivity index (χ2v) is 10.3. The molecule has 0 radical (unpaired) electrons. The fraction of sp³-hybridized carbons (Fsp3) is 0.500. The van der Waals surface area contributed by atoms with Gasteiger partial charge in [-0.05, 0) is 49.9 Å². The van der Waals surface area contributed by atoms with Gasteiger partial charge in [0.2, 0.25) is 0 Å². The van der Waals surface area contributed by atoms with Gasteiger partial charge in [0, 0.05) is 53.9 Å². The summed E-state index contributed by atoms with van der Waals surface area (Å²) >= 11 is 0. The van der Waals surface area contributed by atoms with Gasteiger partial charge >= 0.3 is 12.8 Å². The van der Waals surface area contributed by atoms with Gasteiger partial charge < -0.3 is 14.5 Å². The first-order valence-corrected chi connectivity index (χ1v) is 13.1. The van der Waals surface area contributed by atoms with Gasteiger partial charge in [-0.25, -0.2) is 0 Å². The summed E-state index contributed by atoms with van der Waals surface area (Å²) in [5.74, 6) is 0.0560. The summed E-state index contributed by atoms with van der Waals surface area (Å²) in [6.45, 7) is -1.16. The Bertz CT molecular complexity index is 1280. The number of aromatic amines is 1. The van der Waals surface area contributed by atoms with E-state index >= 15 is 0 Å². The van der Waals surface area contributed by atoms with Crippen molar-refractivity contribution in [1.29, 1.82) is 0 Å². The summed E-state index contributed by atoms with van der Waals surface area (Å²) in [7, 11) is 0. The van der Waals surface area contributed by atoms with Crippen molar-refractivity contribution in [2.24, 2.45) is 0 Å².